The van der Waals surface area contributed by atoms with Crippen LogP contribution in [-0.2, 0) is 10.3 Å². The van der Waals surface area contributed by atoms with Gasteiger partial charge in [-0.15, -0.1) is 0 Å². The molecule has 0 aliphatic carbocycles. The Labute approximate surface area is 128 Å². The highest BCUT2D eigenvalue weighted by Gasteiger charge is 2.27. The fourth-order valence-electron chi connectivity index (χ4n) is 2.45. The number of nitrogens with zero attached hydrogens (tertiary/aromatic N) is 1. The van der Waals surface area contributed by atoms with Crippen molar-refractivity contribution in [1.82, 2.24) is 4.90 Å². The molecular weight excluding hydrogens is 264 g/mol. The SMILES string of the molecule is CCC(C)N(CCOC)CCC(N)(CO)c1ccccc1. The molecule has 0 radical (unpaired) electrons. The molecule has 0 bridgehead atoms. The predicted molar refractivity (Wildman–Crippen MR) is 87.2 cm³/mol. The van der Waals surface area contributed by atoms with Gasteiger partial charge < -0.3 is 15.6 Å². The molecule has 3 N–H and O–H groups in total. The minimum Gasteiger partial charge on any atom is -0.394 e. The van der Waals surface area contributed by atoms with E-state index in [1.54, 1.807) is 7.11 Å². The molecule has 0 aliphatic heterocycles. The highest BCUT2D eigenvalue weighted by atomic mass is 16.5. The molecule has 4 heteroatoms. The molecule has 0 spiro atoms. The molecule has 1 rings (SSSR count). The number of methoxy groups -OCH3 is 1. The topological polar surface area (TPSA) is 58.7 Å². The van der Waals surface area contributed by atoms with Crippen LogP contribution in [0.3, 0.4) is 0 Å². The van der Waals surface area contributed by atoms with E-state index in [0.29, 0.717) is 12.6 Å². The van der Waals surface area contributed by atoms with Gasteiger partial charge in [0.15, 0.2) is 0 Å². The van der Waals surface area contributed by atoms with Crippen LogP contribution in [0.2, 0.25) is 0 Å². The summed E-state index contributed by atoms with van der Waals surface area (Å²) in [6.07, 6.45) is 1.81. The van der Waals surface area contributed by atoms with Crippen LogP contribution in [0, 0.1) is 0 Å². The molecule has 0 fully saturated rings. The number of aliphatic hydroxyl groups excluding tert-OH is 1. The van der Waals surface area contributed by atoms with Crippen molar-refractivity contribution >= 4 is 0 Å². The molecule has 4 nitrogen and oxygen atoms in total. The van der Waals surface area contributed by atoms with Crippen molar-refractivity contribution in [2.75, 3.05) is 33.4 Å². The first kappa shape index (κ1) is 18.1. The number of hydrogen-bond acceptors (Lipinski definition) is 4. The number of benzene rings is 1. The van der Waals surface area contributed by atoms with Gasteiger partial charge in [-0.3, -0.25) is 4.90 Å². The van der Waals surface area contributed by atoms with Gasteiger partial charge in [0.05, 0.1) is 18.8 Å². The van der Waals surface area contributed by atoms with Gasteiger partial charge >= 0.3 is 0 Å². The van der Waals surface area contributed by atoms with E-state index in [0.717, 1.165) is 31.5 Å². The lowest BCUT2D eigenvalue weighted by Crippen LogP contribution is -2.45. The van der Waals surface area contributed by atoms with Gasteiger partial charge in [0, 0.05) is 26.2 Å². The molecular formula is C17H30N2O2. The second-order valence-electron chi connectivity index (χ2n) is 5.72. The van der Waals surface area contributed by atoms with E-state index in [-0.39, 0.29) is 6.61 Å². The van der Waals surface area contributed by atoms with E-state index in [1.165, 1.54) is 0 Å². The standard InChI is InChI=1S/C17H30N2O2/c1-4-15(2)19(12-13-21-3)11-10-17(18,14-20)16-8-6-5-7-9-16/h5-9,15,20H,4,10-14,18H2,1-3H3. The van der Waals surface area contributed by atoms with Gasteiger partial charge in [-0.1, -0.05) is 37.3 Å². The lowest BCUT2D eigenvalue weighted by atomic mass is 9.88. The van der Waals surface area contributed by atoms with Gasteiger partial charge in [0.25, 0.3) is 0 Å². The summed E-state index contributed by atoms with van der Waals surface area (Å²) in [5, 5.41) is 9.76. The summed E-state index contributed by atoms with van der Waals surface area (Å²) in [6, 6.07) is 10.3. The van der Waals surface area contributed by atoms with Crippen LogP contribution in [0.5, 0.6) is 0 Å². The smallest absolute Gasteiger partial charge is 0.0656 e. The Hall–Kier alpha value is -0.940. The average Bonchev–Trinajstić information content (AvgIpc) is 2.54. The number of nitrogens with two attached hydrogens (primary N) is 1. The third-order valence-corrected chi connectivity index (χ3v) is 4.27. The second kappa shape index (κ2) is 9.15. The van der Waals surface area contributed by atoms with Crippen molar-refractivity contribution in [1.29, 1.82) is 0 Å². The number of hydrogen-bond donors (Lipinski definition) is 2. The maximum atomic E-state index is 9.76. The lowest BCUT2D eigenvalue weighted by Gasteiger charge is -2.34. The van der Waals surface area contributed by atoms with Crippen LogP contribution >= 0.6 is 0 Å². The molecule has 0 saturated carbocycles. The van der Waals surface area contributed by atoms with Gasteiger partial charge in [0.1, 0.15) is 0 Å². The zero-order valence-electron chi connectivity index (χ0n) is 13.6. The fourth-order valence-corrected chi connectivity index (χ4v) is 2.45. The summed E-state index contributed by atoms with van der Waals surface area (Å²) in [5.41, 5.74) is 6.74. The molecule has 0 saturated heterocycles. The minimum atomic E-state index is -0.681. The van der Waals surface area contributed by atoms with Crippen LogP contribution in [0.4, 0.5) is 0 Å². The Morgan fingerprint density at radius 2 is 1.95 bits per heavy atom. The summed E-state index contributed by atoms with van der Waals surface area (Å²) in [4.78, 5) is 2.38. The van der Waals surface area contributed by atoms with Crippen LogP contribution in [0.25, 0.3) is 0 Å². The molecule has 0 aromatic heterocycles. The second-order valence-corrected chi connectivity index (χ2v) is 5.72. The minimum absolute atomic E-state index is 0.0460. The molecule has 2 unspecified atom stereocenters. The molecule has 120 valence electrons. The first-order chi connectivity index (χ1) is 10.1. The number of ether oxygens (including phenoxy) is 1. The van der Waals surface area contributed by atoms with Crippen molar-refractivity contribution in [3.63, 3.8) is 0 Å². The number of rotatable bonds is 10. The third-order valence-electron chi connectivity index (χ3n) is 4.27. The van der Waals surface area contributed by atoms with Crippen LogP contribution < -0.4 is 5.73 Å². The molecule has 1 aromatic carbocycles. The monoisotopic (exact) mass is 294 g/mol. The van der Waals surface area contributed by atoms with Crippen LogP contribution in [0.1, 0.15) is 32.3 Å². The Morgan fingerprint density at radius 1 is 1.29 bits per heavy atom. The Morgan fingerprint density at radius 3 is 2.48 bits per heavy atom. The molecule has 1 aromatic rings. The predicted octanol–water partition coefficient (Wildman–Crippen LogP) is 1.97. The Balaban J connectivity index is 2.71. The Kier molecular flexibility index (Phi) is 7.89. The van der Waals surface area contributed by atoms with Crippen LogP contribution in [-0.4, -0.2) is 49.5 Å². The molecule has 2 atom stereocenters. The first-order valence-electron chi connectivity index (χ1n) is 7.75. The maximum Gasteiger partial charge on any atom is 0.0656 e. The molecule has 0 heterocycles. The fraction of sp³-hybridized carbons (Fsp3) is 0.647. The van der Waals surface area contributed by atoms with E-state index < -0.39 is 5.54 Å². The van der Waals surface area contributed by atoms with E-state index >= 15 is 0 Å². The summed E-state index contributed by atoms with van der Waals surface area (Å²) in [7, 11) is 1.72. The van der Waals surface area contributed by atoms with E-state index in [1.807, 2.05) is 30.3 Å². The average molecular weight is 294 g/mol. The first-order valence-corrected chi connectivity index (χ1v) is 7.75. The van der Waals surface area contributed by atoms with Crippen molar-refractivity contribution in [3.8, 4) is 0 Å². The van der Waals surface area contributed by atoms with Gasteiger partial charge in [-0.2, -0.15) is 0 Å². The number of aliphatic hydroxyl groups is 1. The normalized spacial score (nSPS) is 15.9. The summed E-state index contributed by atoms with van der Waals surface area (Å²) >= 11 is 0. The lowest BCUT2D eigenvalue weighted by molar-refractivity contribution is 0.105. The van der Waals surface area contributed by atoms with Gasteiger partial charge in [-0.25, -0.2) is 0 Å². The van der Waals surface area contributed by atoms with E-state index in [2.05, 4.69) is 18.7 Å². The zero-order chi connectivity index (χ0) is 15.7. The van der Waals surface area contributed by atoms with Crippen molar-refractivity contribution in [2.45, 2.75) is 38.3 Å². The summed E-state index contributed by atoms with van der Waals surface area (Å²) in [5.74, 6) is 0. The van der Waals surface area contributed by atoms with Gasteiger partial charge in [-0.05, 0) is 25.3 Å². The maximum absolute atomic E-state index is 9.76. The molecule has 0 aliphatic rings. The Bertz CT molecular complexity index is 386. The third kappa shape index (κ3) is 5.40. The quantitative estimate of drug-likeness (QED) is 0.693. The highest BCUT2D eigenvalue weighted by molar-refractivity contribution is 5.24. The highest BCUT2D eigenvalue weighted by Crippen LogP contribution is 2.22. The van der Waals surface area contributed by atoms with Crippen molar-refractivity contribution < 1.29 is 9.84 Å². The zero-order valence-corrected chi connectivity index (χ0v) is 13.6. The molecule has 21 heavy (non-hydrogen) atoms. The largest absolute Gasteiger partial charge is 0.394 e. The van der Waals surface area contributed by atoms with E-state index in [9.17, 15) is 5.11 Å². The van der Waals surface area contributed by atoms with Crippen molar-refractivity contribution in [3.05, 3.63) is 35.9 Å². The summed E-state index contributed by atoms with van der Waals surface area (Å²) in [6.45, 7) is 6.81. The molecule has 0 amide bonds. The van der Waals surface area contributed by atoms with Crippen LogP contribution in [0.15, 0.2) is 30.3 Å². The van der Waals surface area contributed by atoms with E-state index in [4.69, 9.17) is 10.5 Å². The van der Waals surface area contributed by atoms with Crippen molar-refractivity contribution in [2.24, 2.45) is 5.73 Å². The summed E-state index contributed by atoms with van der Waals surface area (Å²) < 4.78 is 5.19. The van der Waals surface area contributed by atoms with Gasteiger partial charge in [0.2, 0.25) is 0 Å².